The second-order valence-electron chi connectivity index (χ2n) is 5.58. The highest BCUT2D eigenvalue weighted by Gasteiger charge is 2.29. The van der Waals surface area contributed by atoms with Crippen LogP contribution in [-0.4, -0.2) is 0 Å². The van der Waals surface area contributed by atoms with Crippen molar-refractivity contribution in [1.29, 1.82) is 0 Å². The van der Waals surface area contributed by atoms with Crippen LogP contribution in [0.25, 0.3) is 5.57 Å². The van der Waals surface area contributed by atoms with Crippen LogP contribution in [0, 0.1) is 0 Å². The molecule has 1 atom stereocenters. The second kappa shape index (κ2) is 5.97. The lowest BCUT2D eigenvalue weighted by atomic mass is 9.71. The maximum absolute atomic E-state index is 3.95. The maximum atomic E-state index is 3.95. The molecule has 3 rings (SSSR count). The first kappa shape index (κ1) is 13.6. The van der Waals surface area contributed by atoms with Gasteiger partial charge in [0.15, 0.2) is 0 Å². The van der Waals surface area contributed by atoms with Gasteiger partial charge in [-0.3, -0.25) is 0 Å². The van der Waals surface area contributed by atoms with E-state index in [1.165, 1.54) is 16.7 Å². The molecular formula is C21H20. The highest BCUT2D eigenvalue weighted by molar-refractivity contribution is 5.75. The molecule has 2 aromatic carbocycles. The van der Waals surface area contributed by atoms with Crippen LogP contribution >= 0.6 is 0 Å². The van der Waals surface area contributed by atoms with Crippen molar-refractivity contribution in [2.45, 2.75) is 18.3 Å². The van der Waals surface area contributed by atoms with Crippen molar-refractivity contribution in [2.24, 2.45) is 0 Å². The molecule has 0 aromatic heterocycles. The van der Waals surface area contributed by atoms with Crippen molar-refractivity contribution < 1.29 is 0 Å². The van der Waals surface area contributed by atoms with Gasteiger partial charge in [-0.2, -0.15) is 0 Å². The molecule has 1 aliphatic rings. The molecule has 0 nitrogen and oxygen atoms in total. The molecule has 0 radical (unpaired) electrons. The molecule has 0 spiro atoms. The van der Waals surface area contributed by atoms with E-state index in [9.17, 15) is 0 Å². The summed E-state index contributed by atoms with van der Waals surface area (Å²) in [6.45, 7) is 3.95. The standard InChI is InChI=1S/C21H20/c1-2-15-21(20-11-7-4-8-12-20)16-13-19(14-17-21)18-9-5-3-6-10-18/h2-14,16H,1,15,17H2. The Labute approximate surface area is 127 Å². The number of hydrogen-bond acceptors (Lipinski definition) is 0. The molecule has 0 aliphatic heterocycles. The predicted molar refractivity (Wildman–Crippen MR) is 91.1 cm³/mol. The van der Waals surface area contributed by atoms with Gasteiger partial charge in [0.2, 0.25) is 0 Å². The number of allylic oxidation sites excluding steroid dienone is 5. The largest absolute Gasteiger partial charge is 0.103 e. The monoisotopic (exact) mass is 272 g/mol. The predicted octanol–water partition coefficient (Wildman–Crippen LogP) is 5.54. The van der Waals surface area contributed by atoms with E-state index in [2.05, 4.69) is 85.5 Å². The quantitative estimate of drug-likeness (QED) is 0.641. The van der Waals surface area contributed by atoms with E-state index in [0.717, 1.165) is 12.8 Å². The van der Waals surface area contributed by atoms with Crippen molar-refractivity contribution in [3.63, 3.8) is 0 Å². The summed E-state index contributed by atoms with van der Waals surface area (Å²) in [7, 11) is 0. The fourth-order valence-electron chi connectivity index (χ4n) is 3.03. The van der Waals surface area contributed by atoms with Crippen LogP contribution in [0.5, 0.6) is 0 Å². The van der Waals surface area contributed by atoms with Gasteiger partial charge in [-0.1, -0.05) is 85.0 Å². The van der Waals surface area contributed by atoms with Gasteiger partial charge >= 0.3 is 0 Å². The SMILES string of the molecule is C=CCC1(c2ccccc2)C=CC(c2ccccc2)=CC1. The van der Waals surface area contributed by atoms with Crippen LogP contribution < -0.4 is 0 Å². The average molecular weight is 272 g/mol. The third-order valence-corrected chi connectivity index (χ3v) is 4.23. The lowest BCUT2D eigenvalue weighted by Gasteiger charge is -2.32. The highest BCUT2D eigenvalue weighted by atomic mass is 14.3. The van der Waals surface area contributed by atoms with Gasteiger partial charge in [0.25, 0.3) is 0 Å². The summed E-state index contributed by atoms with van der Waals surface area (Å²) < 4.78 is 0. The highest BCUT2D eigenvalue weighted by Crippen LogP contribution is 2.39. The zero-order valence-electron chi connectivity index (χ0n) is 12.2. The van der Waals surface area contributed by atoms with E-state index >= 15 is 0 Å². The summed E-state index contributed by atoms with van der Waals surface area (Å²) in [5, 5.41) is 0. The lowest BCUT2D eigenvalue weighted by Crippen LogP contribution is -2.23. The zero-order valence-corrected chi connectivity index (χ0v) is 12.2. The summed E-state index contributed by atoms with van der Waals surface area (Å²) >= 11 is 0. The third kappa shape index (κ3) is 2.75. The Hall–Kier alpha value is -2.34. The summed E-state index contributed by atoms with van der Waals surface area (Å²) in [5.74, 6) is 0. The molecule has 1 unspecified atom stereocenters. The lowest BCUT2D eigenvalue weighted by molar-refractivity contribution is 0.547. The van der Waals surface area contributed by atoms with E-state index in [1.54, 1.807) is 0 Å². The van der Waals surface area contributed by atoms with Gasteiger partial charge in [0.1, 0.15) is 0 Å². The molecule has 1 aliphatic carbocycles. The van der Waals surface area contributed by atoms with Crippen molar-refractivity contribution in [1.82, 2.24) is 0 Å². The van der Waals surface area contributed by atoms with Crippen LogP contribution in [0.3, 0.4) is 0 Å². The van der Waals surface area contributed by atoms with Crippen molar-refractivity contribution in [3.8, 4) is 0 Å². The molecule has 0 fully saturated rings. The number of hydrogen-bond donors (Lipinski definition) is 0. The van der Waals surface area contributed by atoms with Crippen LogP contribution in [0.2, 0.25) is 0 Å². The summed E-state index contributed by atoms with van der Waals surface area (Å²) in [6, 6.07) is 21.3. The molecule has 0 heterocycles. The minimum absolute atomic E-state index is 0.0568. The van der Waals surface area contributed by atoms with Gasteiger partial charge in [0, 0.05) is 5.41 Å². The van der Waals surface area contributed by atoms with E-state index in [0.29, 0.717) is 0 Å². The van der Waals surface area contributed by atoms with Gasteiger partial charge in [-0.25, -0.2) is 0 Å². The first-order valence-electron chi connectivity index (χ1n) is 7.45. The van der Waals surface area contributed by atoms with Gasteiger partial charge in [0.05, 0.1) is 0 Å². The smallest absolute Gasteiger partial charge is 0.0204 e. The molecule has 0 saturated carbocycles. The van der Waals surface area contributed by atoms with Crippen molar-refractivity contribution in [3.05, 3.63) is 103 Å². The molecule has 104 valence electrons. The number of rotatable bonds is 4. The molecule has 0 N–H and O–H groups in total. The van der Waals surface area contributed by atoms with Gasteiger partial charge in [-0.15, -0.1) is 6.58 Å². The Bertz CT molecular complexity index is 662. The molecule has 0 amide bonds. The molecular weight excluding hydrogens is 252 g/mol. The fourth-order valence-corrected chi connectivity index (χ4v) is 3.03. The Kier molecular flexibility index (Phi) is 3.87. The maximum Gasteiger partial charge on any atom is 0.0204 e. The van der Waals surface area contributed by atoms with Crippen LogP contribution in [0.4, 0.5) is 0 Å². The van der Waals surface area contributed by atoms with E-state index in [4.69, 9.17) is 0 Å². The molecule has 0 bridgehead atoms. The number of benzene rings is 2. The topological polar surface area (TPSA) is 0 Å². The van der Waals surface area contributed by atoms with Crippen LogP contribution in [0.1, 0.15) is 24.0 Å². The van der Waals surface area contributed by atoms with Gasteiger partial charge < -0.3 is 0 Å². The van der Waals surface area contributed by atoms with Crippen molar-refractivity contribution in [2.75, 3.05) is 0 Å². The Morgan fingerprint density at radius 2 is 1.62 bits per heavy atom. The molecule has 0 heteroatoms. The molecule has 2 aromatic rings. The summed E-state index contributed by atoms with van der Waals surface area (Å²) in [6.07, 6.45) is 11.0. The van der Waals surface area contributed by atoms with Crippen LogP contribution in [-0.2, 0) is 5.41 Å². The minimum Gasteiger partial charge on any atom is -0.103 e. The Morgan fingerprint density at radius 3 is 2.19 bits per heavy atom. The van der Waals surface area contributed by atoms with Crippen molar-refractivity contribution >= 4 is 5.57 Å². The summed E-state index contributed by atoms with van der Waals surface area (Å²) in [5.41, 5.74) is 4.02. The first-order chi connectivity index (χ1) is 10.3. The molecule has 21 heavy (non-hydrogen) atoms. The van der Waals surface area contributed by atoms with E-state index in [-0.39, 0.29) is 5.41 Å². The summed E-state index contributed by atoms with van der Waals surface area (Å²) in [4.78, 5) is 0. The third-order valence-electron chi connectivity index (χ3n) is 4.23. The van der Waals surface area contributed by atoms with E-state index in [1.807, 2.05) is 6.08 Å². The van der Waals surface area contributed by atoms with Crippen LogP contribution in [0.15, 0.2) is 91.5 Å². The first-order valence-corrected chi connectivity index (χ1v) is 7.45. The second-order valence-corrected chi connectivity index (χ2v) is 5.58. The molecule has 0 saturated heterocycles. The zero-order chi connectivity index (χ0) is 14.5. The van der Waals surface area contributed by atoms with E-state index < -0.39 is 0 Å². The Balaban J connectivity index is 1.93. The fraction of sp³-hybridized carbons (Fsp3) is 0.143. The Morgan fingerprint density at radius 1 is 0.952 bits per heavy atom. The normalized spacial score (nSPS) is 20.9. The van der Waals surface area contributed by atoms with Gasteiger partial charge in [-0.05, 0) is 29.5 Å². The average Bonchev–Trinajstić information content (AvgIpc) is 2.57. The minimum atomic E-state index is 0.0568.